The maximum Gasteiger partial charge on any atom is 0.232 e. The lowest BCUT2D eigenvalue weighted by atomic mass is 10.1. The van der Waals surface area contributed by atoms with Crippen LogP contribution >= 0.6 is 0 Å². The number of hydrogen-bond acceptors (Lipinski definition) is 6. The second kappa shape index (κ2) is 9.26. The smallest absolute Gasteiger partial charge is 0.232 e. The van der Waals surface area contributed by atoms with Crippen molar-refractivity contribution in [1.29, 1.82) is 0 Å². The van der Waals surface area contributed by atoms with Crippen LogP contribution in [0.4, 0.5) is 14.5 Å². The van der Waals surface area contributed by atoms with Crippen LogP contribution in [-0.2, 0) is 10.0 Å². The summed E-state index contributed by atoms with van der Waals surface area (Å²) in [7, 11) is -3.55. The van der Waals surface area contributed by atoms with E-state index in [1.807, 2.05) is 6.92 Å². The summed E-state index contributed by atoms with van der Waals surface area (Å²) in [4.78, 5) is 0. The molecule has 1 N–H and O–H groups in total. The van der Waals surface area contributed by atoms with Crippen LogP contribution in [-0.4, -0.2) is 35.4 Å². The minimum Gasteiger partial charge on any atom is -0.490 e. The molecule has 0 aliphatic heterocycles. The number of ether oxygens (including phenoxy) is 2. The van der Waals surface area contributed by atoms with Crippen molar-refractivity contribution >= 4 is 21.4 Å². The molecule has 4 rings (SSSR count). The van der Waals surface area contributed by atoms with Gasteiger partial charge in [-0.15, -0.1) is 10.2 Å². The first-order chi connectivity index (χ1) is 16.2. The van der Waals surface area contributed by atoms with Crippen molar-refractivity contribution in [3.8, 4) is 28.4 Å². The lowest BCUT2D eigenvalue weighted by molar-refractivity contribution is 0.342. The molecule has 8 nitrogen and oxygen atoms in total. The Morgan fingerprint density at radius 3 is 2.47 bits per heavy atom. The van der Waals surface area contributed by atoms with Crippen LogP contribution < -0.4 is 14.2 Å². The number of pyridine rings is 1. The number of hydrogen-bond donors (Lipinski definition) is 1. The van der Waals surface area contributed by atoms with Gasteiger partial charge in [0.05, 0.1) is 12.4 Å². The Bertz CT molecular complexity index is 1470. The molecule has 0 bridgehead atoms. The van der Waals surface area contributed by atoms with E-state index in [0.29, 0.717) is 40.6 Å². The summed E-state index contributed by atoms with van der Waals surface area (Å²) in [6, 6.07) is 9.28. The molecule has 0 saturated heterocycles. The Morgan fingerprint density at radius 2 is 1.76 bits per heavy atom. The van der Waals surface area contributed by atoms with Crippen molar-refractivity contribution in [2.24, 2.45) is 0 Å². The van der Waals surface area contributed by atoms with Crippen molar-refractivity contribution < 1.29 is 26.7 Å². The predicted octanol–water partition coefficient (Wildman–Crippen LogP) is 4.94. The number of benzene rings is 2. The van der Waals surface area contributed by atoms with E-state index >= 15 is 0 Å². The number of halogens is 2. The molecule has 0 saturated carbocycles. The second-order valence-electron chi connectivity index (χ2n) is 7.36. The molecule has 0 aliphatic rings. The Hall–Kier alpha value is -3.73. The van der Waals surface area contributed by atoms with Crippen molar-refractivity contribution in [2.75, 3.05) is 17.1 Å². The summed E-state index contributed by atoms with van der Waals surface area (Å²) in [6.45, 7) is 5.51. The van der Waals surface area contributed by atoms with Gasteiger partial charge in [0.2, 0.25) is 15.7 Å². The fourth-order valence-electron chi connectivity index (χ4n) is 3.32. The molecular weight excluding hydrogens is 466 g/mol. The quantitative estimate of drug-likeness (QED) is 0.378. The fraction of sp³-hybridized carbons (Fsp3) is 0.217. The molecule has 0 aliphatic carbocycles. The number of nitrogens with zero attached hydrogens (tertiary/aromatic N) is 3. The van der Waals surface area contributed by atoms with Crippen molar-refractivity contribution in [2.45, 2.75) is 20.8 Å². The van der Waals surface area contributed by atoms with Crippen molar-refractivity contribution in [3.63, 3.8) is 0 Å². The molecule has 2 aromatic carbocycles. The molecule has 0 amide bonds. The van der Waals surface area contributed by atoms with Crippen LogP contribution in [0, 0.1) is 18.6 Å². The lowest BCUT2D eigenvalue weighted by Gasteiger charge is -2.16. The predicted molar refractivity (Wildman–Crippen MR) is 124 cm³/mol. The number of fused-ring (bicyclic) bond motifs is 1. The van der Waals surface area contributed by atoms with Gasteiger partial charge < -0.3 is 9.47 Å². The Balaban J connectivity index is 1.89. The average molecular weight is 489 g/mol. The molecule has 178 valence electrons. The topological polar surface area (TPSA) is 94.8 Å². The fourth-order valence-corrected chi connectivity index (χ4v) is 3.95. The number of nitrogens with one attached hydrogen (secondary N) is 1. The zero-order valence-corrected chi connectivity index (χ0v) is 19.5. The van der Waals surface area contributed by atoms with Gasteiger partial charge in [-0.2, -0.15) is 0 Å². The summed E-state index contributed by atoms with van der Waals surface area (Å²) in [6.07, 6.45) is 1.74. The molecule has 0 unspecified atom stereocenters. The van der Waals surface area contributed by atoms with Gasteiger partial charge in [-0.3, -0.25) is 9.12 Å². The monoisotopic (exact) mass is 488 g/mol. The van der Waals surface area contributed by atoms with Gasteiger partial charge in [0.1, 0.15) is 17.4 Å². The molecule has 2 heterocycles. The van der Waals surface area contributed by atoms with Crippen LogP contribution in [0.5, 0.6) is 17.2 Å². The largest absolute Gasteiger partial charge is 0.490 e. The minimum atomic E-state index is -3.55. The Kier molecular flexibility index (Phi) is 6.38. The van der Waals surface area contributed by atoms with E-state index in [1.165, 1.54) is 25.1 Å². The standard InChI is InChI=1S/C23H22F2N4O4S/c1-4-32-22-10-15(13-29-14(3)26-27-23(22)29)18-12-17(28-34(30,31)5-2)7-9-20(18)33-21-8-6-16(24)11-19(21)25/h6-13,28H,4-5H2,1-3H3. The molecule has 34 heavy (non-hydrogen) atoms. The van der Waals surface area contributed by atoms with Crippen LogP contribution in [0.2, 0.25) is 0 Å². The minimum absolute atomic E-state index is 0.109. The van der Waals surface area contributed by atoms with Gasteiger partial charge >= 0.3 is 0 Å². The summed E-state index contributed by atoms with van der Waals surface area (Å²) < 4.78 is 67.7. The molecule has 0 fully saturated rings. The van der Waals surface area contributed by atoms with Gasteiger partial charge in [-0.25, -0.2) is 17.2 Å². The van der Waals surface area contributed by atoms with Gasteiger partial charge in [-0.1, -0.05) is 0 Å². The number of aryl methyl sites for hydroxylation is 1. The third kappa shape index (κ3) is 4.79. The first-order valence-electron chi connectivity index (χ1n) is 10.5. The lowest BCUT2D eigenvalue weighted by Crippen LogP contribution is -2.14. The Morgan fingerprint density at radius 1 is 1.00 bits per heavy atom. The first kappa shape index (κ1) is 23.4. The SMILES string of the molecule is CCOc1cc(-c2cc(NS(=O)(=O)CC)ccc2Oc2ccc(F)cc2F)cn2c(C)nnc12. The van der Waals surface area contributed by atoms with Gasteiger partial charge in [0.15, 0.2) is 17.3 Å². The highest BCUT2D eigenvalue weighted by Gasteiger charge is 2.18. The van der Waals surface area contributed by atoms with Crippen molar-refractivity contribution in [3.05, 3.63) is 66.1 Å². The third-order valence-corrected chi connectivity index (χ3v) is 6.31. The normalized spacial score (nSPS) is 11.6. The summed E-state index contributed by atoms with van der Waals surface area (Å²) in [5.41, 5.74) is 1.82. The highest BCUT2D eigenvalue weighted by molar-refractivity contribution is 7.92. The molecule has 4 aromatic rings. The second-order valence-corrected chi connectivity index (χ2v) is 9.37. The van der Waals surface area contributed by atoms with E-state index in [2.05, 4.69) is 14.9 Å². The molecule has 2 aromatic heterocycles. The van der Waals surface area contributed by atoms with Gasteiger partial charge in [-0.05, 0) is 57.2 Å². The van der Waals surface area contributed by atoms with Crippen LogP contribution in [0.25, 0.3) is 16.8 Å². The van der Waals surface area contributed by atoms with E-state index in [-0.39, 0.29) is 17.3 Å². The van der Waals surface area contributed by atoms with E-state index in [9.17, 15) is 17.2 Å². The van der Waals surface area contributed by atoms with E-state index < -0.39 is 21.7 Å². The zero-order valence-electron chi connectivity index (χ0n) is 18.7. The molecular formula is C23H22F2N4O4S. The van der Waals surface area contributed by atoms with E-state index in [4.69, 9.17) is 9.47 Å². The zero-order chi connectivity index (χ0) is 24.5. The average Bonchev–Trinajstić information content (AvgIpc) is 3.17. The maximum atomic E-state index is 14.3. The van der Waals surface area contributed by atoms with Crippen molar-refractivity contribution in [1.82, 2.24) is 14.6 Å². The van der Waals surface area contributed by atoms with Crippen LogP contribution in [0.1, 0.15) is 19.7 Å². The highest BCUT2D eigenvalue weighted by Crippen LogP contribution is 2.38. The molecule has 0 spiro atoms. The van der Waals surface area contributed by atoms with E-state index in [1.54, 1.807) is 29.7 Å². The summed E-state index contributed by atoms with van der Waals surface area (Å²) >= 11 is 0. The third-order valence-electron chi connectivity index (χ3n) is 5.00. The molecule has 0 radical (unpaired) electrons. The highest BCUT2D eigenvalue weighted by atomic mass is 32.2. The number of anilines is 1. The van der Waals surface area contributed by atoms with Crippen LogP contribution in [0.15, 0.2) is 48.7 Å². The first-order valence-corrected chi connectivity index (χ1v) is 12.1. The molecule has 11 heteroatoms. The summed E-state index contributed by atoms with van der Waals surface area (Å²) in [5, 5.41) is 8.22. The maximum absolute atomic E-state index is 14.3. The Labute approximate surface area is 195 Å². The number of sulfonamides is 1. The van der Waals surface area contributed by atoms with Gasteiger partial charge in [0, 0.05) is 29.1 Å². The number of rotatable bonds is 8. The van der Waals surface area contributed by atoms with Gasteiger partial charge in [0.25, 0.3) is 0 Å². The number of aromatic nitrogens is 3. The van der Waals surface area contributed by atoms with Crippen LogP contribution in [0.3, 0.4) is 0 Å². The van der Waals surface area contributed by atoms with E-state index in [0.717, 1.165) is 12.1 Å². The summed E-state index contributed by atoms with van der Waals surface area (Å²) in [5.74, 6) is -0.617. The molecule has 0 atom stereocenters.